The van der Waals surface area contributed by atoms with Gasteiger partial charge in [-0.15, -0.1) is 0 Å². The van der Waals surface area contributed by atoms with Gasteiger partial charge in [0, 0.05) is 0 Å². The minimum atomic E-state index is -4.46. The predicted molar refractivity (Wildman–Crippen MR) is 230 cm³/mol. The molecular weight excluding hydrogens is 773 g/mol. The predicted octanol–water partition coefficient (Wildman–Crippen LogP) is 14.0. The van der Waals surface area contributed by atoms with Crippen molar-refractivity contribution in [3.05, 3.63) is 157 Å². The summed E-state index contributed by atoms with van der Waals surface area (Å²) in [6.07, 6.45) is 3.90. The summed E-state index contributed by atoms with van der Waals surface area (Å²) in [5.74, 6) is 0. The van der Waals surface area contributed by atoms with Crippen LogP contribution in [0.25, 0.3) is 21.9 Å². The van der Waals surface area contributed by atoms with E-state index in [1.165, 1.54) is 63.2 Å². The number of hydrogen-bond acceptors (Lipinski definition) is 0. The quantitative estimate of drug-likeness (QED) is 0.166. The van der Waals surface area contributed by atoms with E-state index < -0.39 is 33.0 Å². The van der Waals surface area contributed by atoms with Crippen LogP contribution < -0.4 is 3.27 Å². The maximum absolute atomic E-state index is 14.7. The van der Waals surface area contributed by atoms with Crippen LogP contribution in [0.15, 0.2) is 106 Å². The molecule has 5 aromatic rings. The second kappa shape index (κ2) is 14.0. The van der Waals surface area contributed by atoms with Gasteiger partial charge >= 0.3 is 343 Å². The molecule has 0 saturated carbocycles. The first kappa shape index (κ1) is 40.6. The average molecular weight is 830 g/mol. The fourth-order valence-electron chi connectivity index (χ4n) is 9.07. The van der Waals surface area contributed by atoms with E-state index in [-0.39, 0.29) is 21.7 Å². The first-order valence-electron chi connectivity index (χ1n) is 20.1. The fraction of sp³-hybridized carbons (Fsp3) is 0.365. The van der Waals surface area contributed by atoms with Gasteiger partial charge in [-0.1, -0.05) is 0 Å². The fourth-order valence-corrected chi connectivity index (χ4v) is 18.2. The summed E-state index contributed by atoms with van der Waals surface area (Å²) in [7, 11) is 0. The van der Waals surface area contributed by atoms with Crippen LogP contribution in [0.5, 0.6) is 0 Å². The molecule has 2 aliphatic rings. The number of rotatable bonds is 4. The third-order valence-corrected chi connectivity index (χ3v) is 19.3. The first-order valence-corrected chi connectivity index (χ1v) is 23.8. The molecule has 4 heteroatoms. The topological polar surface area (TPSA) is 0 Å². The number of allylic oxidation sites excluding steroid dienone is 4. The number of alkyl halides is 3. The molecule has 5 aromatic carbocycles. The van der Waals surface area contributed by atoms with E-state index in [1.807, 2.05) is 12.1 Å². The standard InChI is InChI=1S/C29H41.C18H11F3.C5H5.Zr/c1-26(2,3)22-14-18-13-19-15-23(27(4,5)6)25(29(10,11)12)17-21(19)20(18)16-24(22)28(7,8)9;19-18(20,21)16-9-3-5-13(12-16)11-15-8-4-7-14-6-1-2-10-17(14)15;1-2-4-5-3-1;/h14,16-17H,13H2,1-12H3;1-10,12H;1-3H,4H2;. The Morgan fingerprint density at radius 1 is 0.607 bits per heavy atom. The Morgan fingerprint density at radius 3 is 1.82 bits per heavy atom. The molecule has 0 spiro atoms. The van der Waals surface area contributed by atoms with Crippen LogP contribution >= 0.6 is 0 Å². The summed E-state index contributed by atoms with van der Waals surface area (Å²) in [6.45, 7) is 27.9. The van der Waals surface area contributed by atoms with Crippen LogP contribution in [0.1, 0.15) is 140 Å². The van der Waals surface area contributed by atoms with Gasteiger partial charge in [0.05, 0.1) is 0 Å². The summed E-state index contributed by atoms with van der Waals surface area (Å²) in [5.41, 5.74) is 11.5. The molecule has 56 heavy (non-hydrogen) atoms. The SMILES string of the molecule is CC(C)(C)c1cc2c(cc1C(C)(C)C)-c1cc(C(C)(C)C)c(C(C)(C)C)[c](/[Zr]([C]3=CC=CC3)=[C](\c3cccc(C(F)(F)F)c3)c3cccc4ccccc34)c1C2. The van der Waals surface area contributed by atoms with Gasteiger partial charge in [-0.2, -0.15) is 0 Å². The van der Waals surface area contributed by atoms with Crippen molar-refractivity contribution >= 4 is 17.2 Å². The molecule has 0 saturated heterocycles. The van der Waals surface area contributed by atoms with Crippen molar-refractivity contribution in [2.75, 3.05) is 0 Å². The van der Waals surface area contributed by atoms with Crippen molar-refractivity contribution in [1.29, 1.82) is 0 Å². The van der Waals surface area contributed by atoms with Gasteiger partial charge in [0.1, 0.15) is 0 Å². The van der Waals surface area contributed by atoms with E-state index >= 15 is 0 Å². The number of halogens is 3. The van der Waals surface area contributed by atoms with Crippen molar-refractivity contribution in [2.24, 2.45) is 0 Å². The molecule has 0 N–H and O–H groups in total. The Bertz CT molecular complexity index is 2470. The van der Waals surface area contributed by atoms with E-state index in [9.17, 15) is 13.2 Å². The van der Waals surface area contributed by atoms with Gasteiger partial charge in [-0.05, 0) is 0 Å². The molecule has 290 valence electrons. The molecule has 0 fully saturated rings. The van der Waals surface area contributed by atoms with Crippen LogP contribution in [0.2, 0.25) is 0 Å². The van der Waals surface area contributed by atoms with Crippen LogP contribution in [0.4, 0.5) is 13.2 Å². The molecule has 0 aliphatic heterocycles. The van der Waals surface area contributed by atoms with Crippen molar-refractivity contribution in [1.82, 2.24) is 0 Å². The molecular formula is C52H57F3Zr. The Labute approximate surface area is 341 Å². The van der Waals surface area contributed by atoms with E-state index in [1.54, 1.807) is 6.07 Å². The van der Waals surface area contributed by atoms with Crippen molar-refractivity contribution in [3.8, 4) is 11.1 Å². The third-order valence-electron chi connectivity index (χ3n) is 11.6. The molecule has 0 bridgehead atoms. The average Bonchev–Trinajstić information content (AvgIpc) is 3.76. The van der Waals surface area contributed by atoms with E-state index in [0.717, 1.165) is 32.4 Å². The summed E-state index contributed by atoms with van der Waals surface area (Å²) in [4.78, 5) is 0. The van der Waals surface area contributed by atoms with Gasteiger partial charge in [0.15, 0.2) is 0 Å². The minimum absolute atomic E-state index is 0.0392. The second-order valence-electron chi connectivity index (χ2n) is 20.1. The zero-order valence-electron chi connectivity index (χ0n) is 35.4. The summed E-state index contributed by atoms with van der Waals surface area (Å²) in [5, 5.41) is 2.18. The van der Waals surface area contributed by atoms with Gasteiger partial charge in [0.2, 0.25) is 0 Å². The van der Waals surface area contributed by atoms with Gasteiger partial charge < -0.3 is 0 Å². The van der Waals surface area contributed by atoms with E-state index in [4.69, 9.17) is 0 Å². The molecule has 0 nitrogen and oxygen atoms in total. The third kappa shape index (κ3) is 7.45. The van der Waals surface area contributed by atoms with E-state index in [2.05, 4.69) is 156 Å². The van der Waals surface area contributed by atoms with Crippen LogP contribution in [-0.2, 0) is 55.5 Å². The van der Waals surface area contributed by atoms with Crippen molar-refractivity contribution < 1.29 is 34.4 Å². The first-order chi connectivity index (χ1) is 26.0. The Hall–Kier alpha value is -3.62. The molecule has 0 unspecified atom stereocenters. The van der Waals surface area contributed by atoms with Crippen LogP contribution in [0.3, 0.4) is 0 Å². The monoisotopic (exact) mass is 828 g/mol. The molecule has 0 amide bonds. The summed E-state index contributed by atoms with van der Waals surface area (Å²) in [6, 6.07) is 28.5. The zero-order chi connectivity index (χ0) is 40.7. The van der Waals surface area contributed by atoms with Crippen LogP contribution in [-0.4, -0.2) is 3.21 Å². The molecule has 2 aliphatic carbocycles. The molecule has 0 heterocycles. The van der Waals surface area contributed by atoms with Crippen molar-refractivity contribution in [2.45, 2.75) is 124 Å². The normalized spacial score (nSPS) is 15.2. The van der Waals surface area contributed by atoms with Crippen molar-refractivity contribution in [3.63, 3.8) is 0 Å². The Balaban J connectivity index is 1.74. The molecule has 0 atom stereocenters. The van der Waals surface area contributed by atoms with Crippen LogP contribution in [0, 0.1) is 0 Å². The summed E-state index contributed by atoms with van der Waals surface area (Å²) >= 11 is -3.48. The second-order valence-corrected chi connectivity index (χ2v) is 26.0. The number of fused-ring (bicyclic) bond motifs is 4. The zero-order valence-corrected chi connectivity index (χ0v) is 37.8. The number of hydrogen-bond donors (Lipinski definition) is 0. The maximum atomic E-state index is 14.7. The molecule has 7 rings (SSSR count). The molecule has 0 aromatic heterocycles. The van der Waals surface area contributed by atoms with Gasteiger partial charge in [-0.3, -0.25) is 0 Å². The number of benzene rings is 5. The Morgan fingerprint density at radius 2 is 1.21 bits per heavy atom. The molecule has 0 radical (unpaired) electrons. The van der Waals surface area contributed by atoms with E-state index in [0.29, 0.717) is 5.56 Å². The van der Waals surface area contributed by atoms with Gasteiger partial charge in [0.25, 0.3) is 0 Å². The van der Waals surface area contributed by atoms with Gasteiger partial charge in [-0.25, -0.2) is 0 Å². The summed E-state index contributed by atoms with van der Waals surface area (Å²) < 4.78 is 48.0. The Kier molecular flexibility index (Phi) is 10.2.